The number of Topliss-reactive ketones (excluding diaryl/α,β-unsaturated/α-hetero) is 1. The van der Waals surface area contributed by atoms with Crippen LogP contribution < -0.4 is 10.1 Å². The molecule has 2 aromatic carbocycles. The number of rotatable bonds is 5. The van der Waals surface area contributed by atoms with Crippen molar-refractivity contribution in [3.63, 3.8) is 0 Å². The van der Waals surface area contributed by atoms with Crippen LogP contribution in [0.25, 0.3) is 0 Å². The summed E-state index contributed by atoms with van der Waals surface area (Å²) in [4.78, 5) is 38.4. The summed E-state index contributed by atoms with van der Waals surface area (Å²) in [6.07, 6.45) is 0. The molecule has 1 N–H and O–H groups in total. The number of methoxy groups -OCH3 is 1. The summed E-state index contributed by atoms with van der Waals surface area (Å²) in [6.45, 7) is 1.13. The van der Waals surface area contributed by atoms with Crippen LogP contribution in [-0.2, 0) is 10.3 Å². The van der Waals surface area contributed by atoms with E-state index < -0.39 is 35.6 Å². The SMILES string of the molecule is COc1cccc(C(=O)CN2C(=O)N[C@](C)(c3ccc(F)cc3)C2=O)c1. The van der Waals surface area contributed by atoms with Gasteiger partial charge in [0, 0.05) is 5.56 Å². The highest BCUT2D eigenvalue weighted by atomic mass is 19.1. The lowest BCUT2D eigenvalue weighted by molar-refractivity contribution is -0.130. The molecule has 1 saturated heterocycles. The van der Waals surface area contributed by atoms with Crippen LogP contribution in [0.15, 0.2) is 48.5 Å². The van der Waals surface area contributed by atoms with E-state index in [4.69, 9.17) is 4.74 Å². The van der Waals surface area contributed by atoms with Gasteiger partial charge in [-0.1, -0.05) is 24.3 Å². The largest absolute Gasteiger partial charge is 0.497 e. The van der Waals surface area contributed by atoms with Gasteiger partial charge >= 0.3 is 6.03 Å². The monoisotopic (exact) mass is 356 g/mol. The summed E-state index contributed by atoms with van der Waals surface area (Å²) in [5, 5.41) is 2.58. The molecule has 7 heteroatoms. The number of carbonyl (C=O) groups is 3. The number of nitrogens with one attached hydrogen (secondary N) is 1. The Morgan fingerprint density at radius 3 is 2.54 bits per heavy atom. The van der Waals surface area contributed by atoms with Gasteiger partial charge in [-0.25, -0.2) is 9.18 Å². The third-order valence-corrected chi connectivity index (χ3v) is 4.39. The Kier molecular flexibility index (Phi) is 4.46. The first-order valence-corrected chi connectivity index (χ1v) is 7.92. The van der Waals surface area contributed by atoms with Gasteiger partial charge in [0.25, 0.3) is 5.91 Å². The van der Waals surface area contributed by atoms with Crippen LogP contribution in [0.3, 0.4) is 0 Å². The number of hydrogen-bond acceptors (Lipinski definition) is 4. The number of urea groups is 1. The molecule has 0 unspecified atom stereocenters. The first kappa shape index (κ1) is 17.6. The maximum absolute atomic E-state index is 13.1. The molecule has 1 fully saturated rings. The van der Waals surface area contributed by atoms with Gasteiger partial charge in [-0.15, -0.1) is 0 Å². The summed E-state index contributed by atoms with van der Waals surface area (Å²) >= 11 is 0. The highest BCUT2D eigenvalue weighted by Gasteiger charge is 2.49. The lowest BCUT2D eigenvalue weighted by atomic mass is 9.92. The maximum atomic E-state index is 13.1. The first-order valence-electron chi connectivity index (χ1n) is 7.92. The molecule has 3 amide bonds. The van der Waals surface area contributed by atoms with Gasteiger partial charge in [-0.05, 0) is 36.8 Å². The first-order chi connectivity index (χ1) is 12.3. The van der Waals surface area contributed by atoms with E-state index in [0.717, 1.165) is 4.90 Å². The number of hydrogen-bond donors (Lipinski definition) is 1. The van der Waals surface area contributed by atoms with Crippen LogP contribution >= 0.6 is 0 Å². The highest BCUT2D eigenvalue weighted by molar-refractivity contribution is 6.11. The van der Waals surface area contributed by atoms with E-state index in [0.29, 0.717) is 16.9 Å². The quantitative estimate of drug-likeness (QED) is 0.660. The molecule has 1 aliphatic rings. The molecule has 0 radical (unpaired) electrons. The van der Waals surface area contributed by atoms with E-state index in [9.17, 15) is 18.8 Å². The standard InChI is InChI=1S/C19H17FN2O4/c1-19(13-6-8-14(20)9-7-13)17(24)22(18(25)21-19)11-16(23)12-4-3-5-15(10-12)26-2/h3-10H,11H2,1-2H3,(H,21,25)/t19-/m1/s1. The van der Waals surface area contributed by atoms with Gasteiger partial charge in [0.2, 0.25) is 0 Å². The van der Waals surface area contributed by atoms with Crippen molar-refractivity contribution in [1.29, 1.82) is 0 Å². The smallest absolute Gasteiger partial charge is 0.325 e. The minimum absolute atomic E-state index is 0.334. The van der Waals surface area contributed by atoms with Gasteiger partial charge in [0.1, 0.15) is 17.1 Å². The lowest BCUT2D eigenvalue weighted by Gasteiger charge is -2.22. The molecule has 1 heterocycles. The molecule has 6 nitrogen and oxygen atoms in total. The van der Waals surface area contributed by atoms with Crippen molar-refractivity contribution < 1.29 is 23.5 Å². The molecular formula is C19H17FN2O4. The molecule has 0 saturated carbocycles. The number of nitrogens with zero attached hydrogens (tertiary/aromatic N) is 1. The van der Waals surface area contributed by atoms with E-state index in [1.54, 1.807) is 24.3 Å². The number of halogens is 1. The van der Waals surface area contributed by atoms with E-state index in [2.05, 4.69) is 5.32 Å². The Morgan fingerprint density at radius 1 is 1.19 bits per heavy atom. The fraction of sp³-hybridized carbons (Fsp3) is 0.211. The second-order valence-corrected chi connectivity index (χ2v) is 6.11. The third kappa shape index (κ3) is 3.03. The summed E-state index contributed by atoms with van der Waals surface area (Å²) in [7, 11) is 1.48. The summed E-state index contributed by atoms with van der Waals surface area (Å²) in [6, 6.07) is 11.1. The van der Waals surface area contributed by atoms with E-state index in [1.807, 2.05) is 0 Å². The second kappa shape index (κ2) is 6.59. The van der Waals surface area contributed by atoms with Gasteiger partial charge < -0.3 is 10.1 Å². The topological polar surface area (TPSA) is 75.7 Å². The fourth-order valence-electron chi connectivity index (χ4n) is 2.85. The predicted octanol–water partition coefficient (Wildman–Crippen LogP) is 2.48. The number of benzene rings is 2. The van der Waals surface area contributed by atoms with Gasteiger partial charge in [0.15, 0.2) is 5.78 Å². The Balaban J connectivity index is 1.82. The molecular weight excluding hydrogens is 339 g/mol. The zero-order chi connectivity index (χ0) is 18.9. The molecule has 0 aromatic heterocycles. The van der Waals surface area contributed by atoms with Crippen molar-refractivity contribution in [3.05, 3.63) is 65.5 Å². The molecule has 2 aromatic rings. The molecule has 0 spiro atoms. The van der Waals surface area contributed by atoms with E-state index in [1.165, 1.54) is 38.3 Å². The van der Waals surface area contributed by atoms with Gasteiger partial charge in [-0.3, -0.25) is 14.5 Å². The summed E-state index contributed by atoms with van der Waals surface area (Å²) < 4.78 is 18.2. The van der Waals surface area contributed by atoms with Crippen molar-refractivity contribution in [2.24, 2.45) is 0 Å². The minimum atomic E-state index is -1.35. The van der Waals surface area contributed by atoms with Crippen molar-refractivity contribution >= 4 is 17.7 Å². The maximum Gasteiger partial charge on any atom is 0.325 e. The second-order valence-electron chi connectivity index (χ2n) is 6.11. The normalized spacial score (nSPS) is 19.4. The Morgan fingerprint density at radius 2 is 1.88 bits per heavy atom. The van der Waals surface area contributed by atoms with Crippen molar-refractivity contribution in [2.45, 2.75) is 12.5 Å². The number of ketones is 1. The summed E-state index contributed by atoms with van der Waals surface area (Å²) in [5.41, 5.74) is -0.576. The van der Waals surface area contributed by atoms with Crippen LogP contribution in [0.4, 0.5) is 9.18 Å². The summed E-state index contributed by atoms with van der Waals surface area (Å²) in [5.74, 6) is -0.899. The van der Waals surface area contributed by atoms with Crippen molar-refractivity contribution in [1.82, 2.24) is 10.2 Å². The third-order valence-electron chi connectivity index (χ3n) is 4.39. The Labute approximate surface area is 149 Å². The van der Waals surface area contributed by atoms with Crippen molar-refractivity contribution in [2.75, 3.05) is 13.7 Å². The fourth-order valence-corrected chi connectivity index (χ4v) is 2.85. The average molecular weight is 356 g/mol. The molecule has 1 atom stereocenters. The predicted molar refractivity (Wildman–Crippen MR) is 91.3 cm³/mol. The van der Waals surface area contributed by atoms with Crippen LogP contribution in [0.2, 0.25) is 0 Å². The number of ether oxygens (including phenoxy) is 1. The van der Waals surface area contributed by atoms with E-state index in [-0.39, 0.29) is 0 Å². The molecule has 26 heavy (non-hydrogen) atoms. The van der Waals surface area contributed by atoms with Crippen LogP contribution in [0.1, 0.15) is 22.8 Å². The zero-order valence-electron chi connectivity index (χ0n) is 14.3. The number of imide groups is 1. The zero-order valence-corrected chi connectivity index (χ0v) is 14.3. The molecule has 0 aliphatic carbocycles. The van der Waals surface area contributed by atoms with Crippen LogP contribution in [0.5, 0.6) is 5.75 Å². The lowest BCUT2D eigenvalue weighted by Crippen LogP contribution is -2.41. The Hall–Kier alpha value is -3.22. The molecule has 0 bridgehead atoms. The van der Waals surface area contributed by atoms with E-state index >= 15 is 0 Å². The van der Waals surface area contributed by atoms with Crippen LogP contribution in [0, 0.1) is 5.82 Å². The molecule has 3 rings (SSSR count). The van der Waals surface area contributed by atoms with Gasteiger partial charge in [0.05, 0.1) is 13.7 Å². The average Bonchev–Trinajstić information content (AvgIpc) is 2.86. The number of amides is 3. The molecule has 134 valence electrons. The highest BCUT2D eigenvalue weighted by Crippen LogP contribution is 2.29. The van der Waals surface area contributed by atoms with Gasteiger partial charge in [-0.2, -0.15) is 0 Å². The minimum Gasteiger partial charge on any atom is -0.497 e. The Bertz CT molecular complexity index is 881. The van der Waals surface area contributed by atoms with Crippen LogP contribution in [-0.4, -0.2) is 36.3 Å². The van der Waals surface area contributed by atoms with Crippen molar-refractivity contribution in [3.8, 4) is 5.75 Å². The molecule has 1 aliphatic heterocycles. The number of carbonyl (C=O) groups excluding carboxylic acids is 3.